The Kier molecular flexibility index (Phi) is 6.27. The van der Waals surface area contributed by atoms with Gasteiger partial charge in [-0.2, -0.15) is 11.8 Å². The smallest absolute Gasteiger partial charge is 0.223 e. The maximum Gasteiger partial charge on any atom is 0.223 e. The summed E-state index contributed by atoms with van der Waals surface area (Å²) in [6.07, 6.45) is 10.6. The second-order valence-electron chi connectivity index (χ2n) is 7.73. The summed E-state index contributed by atoms with van der Waals surface area (Å²) in [4.78, 5) is 15.3. The molecule has 0 bridgehead atoms. The van der Waals surface area contributed by atoms with Crippen LogP contribution in [-0.4, -0.2) is 53.5 Å². The van der Waals surface area contributed by atoms with Gasteiger partial charge in [0.25, 0.3) is 0 Å². The molecule has 1 amide bonds. The van der Waals surface area contributed by atoms with Gasteiger partial charge in [-0.25, -0.2) is 0 Å². The molecular formula is C18H33N3OS. The van der Waals surface area contributed by atoms with Crippen molar-refractivity contribution in [3.63, 3.8) is 0 Å². The molecule has 5 heteroatoms. The largest absolute Gasteiger partial charge is 0.354 e. The molecule has 1 saturated heterocycles. The van der Waals surface area contributed by atoms with E-state index in [0.717, 1.165) is 32.2 Å². The van der Waals surface area contributed by atoms with E-state index in [1.54, 1.807) is 0 Å². The van der Waals surface area contributed by atoms with Gasteiger partial charge in [0, 0.05) is 48.6 Å². The Morgan fingerprint density at radius 2 is 1.87 bits per heavy atom. The number of nitrogens with zero attached hydrogens (tertiary/aromatic N) is 1. The van der Waals surface area contributed by atoms with Crippen LogP contribution in [0.4, 0.5) is 0 Å². The second-order valence-corrected chi connectivity index (χ2v) is 8.95. The van der Waals surface area contributed by atoms with Crippen LogP contribution in [0.15, 0.2) is 0 Å². The van der Waals surface area contributed by atoms with E-state index < -0.39 is 0 Å². The van der Waals surface area contributed by atoms with Gasteiger partial charge in [-0.1, -0.05) is 25.7 Å². The molecule has 1 aliphatic heterocycles. The van der Waals surface area contributed by atoms with E-state index in [-0.39, 0.29) is 23.4 Å². The minimum atomic E-state index is 0.149. The van der Waals surface area contributed by atoms with Crippen LogP contribution in [0.5, 0.6) is 0 Å². The average molecular weight is 340 g/mol. The lowest BCUT2D eigenvalue weighted by atomic mass is 9.79. The quantitative estimate of drug-likeness (QED) is 0.825. The summed E-state index contributed by atoms with van der Waals surface area (Å²) in [5, 5.41) is 3.34. The minimum Gasteiger partial charge on any atom is -0.354 e. The van der Waals surface area contributed by atoms with Crippen molar-refractivity contribution in [3.05, 3.63) is 0 Å². The lowest BCUT2D eigenvalue weighted by molar-refractivity contribution is -0.127. The number of nitrogens with one attached hydrogen (secondary N) is 1. The van der Waals surface area contributed by atoms with Crippen molar-refractivity contribution < 1.29 is 4.79 Å². The Labute approximate surface area is 145 Å². The summed E-state index contributed by atoms with van der Waals surface area (Å²) in [7, 11) is 0. The van der Waals surface area contributed by atoms with Crippen LogP contribution < -0.4 is 11.1 Å². The predicted molar refractivity (Wildman–Crippen MR) is 97.7 cm³/mol. The van der Waals surface area contributed by atoms with E-state index in [9.17, 15) is 4.79 Å². The van der Waals surface area contributed by atoms with Crippen molar-refractivity contribution >= 4 is 17.7 Å². The molecule has 2 unspecified atom stereocenters. The molecule has 0 radical (unpaired) electrons. The SMILES string of the molecule is NC1CCCC(C(=O)NCC2(N3CCSCC3)CCCCC2)C1. The summed E-state index contributed by atoms with van der Waals surface area (Å²) in [6, 6.07) is 0.224. The maximum absolute atomic E-state index is 12.6. The Morgan fingerprint density at radius 3 is 2.57 bits per heavy atom. The lowest BCUT2D eigenvalue weighted by Crippen LogP contribution is -2.59. The molecule has 0 aromatic rings. The third-order valence-electron chi connectivity index (χ3n) is 6.14. The molecule has 3 rings (SSSR count). The van der Waals surface area contributed by atoms with Gasteiger partial charge in [-0.15, -0.1) is 0 Å². The molecule has 0 spiro atoms. The maximum atomic E-state index is 12.6. The van der Waals surface area contributed by atoms with Gasteiger partial charge >= 0.3 is 0 Å². The molecule has 0 aromatic heterocycles. The molecule has 4 nitrogen and oxygen atoms in total. The summed E-state index contributed by atoms with van der Waals surface area (Å²) < 4.78 is 0. The number of carbonyl (C=O) groups is 1. The standard InChI is InChI=1S/C18H33N3OS/c19-16-6-4-5-15(13-16)17(22)20-14-18(7-2-1-3-8-18)21-9-11-23-12-10-21/h15-16H,1-14,19H2,(H,20,22). The van der Waals surface area contributed by atoms with Crippen LogP contribution >= 0.6 is 11.8 Å². The van der Waals surface area contributed by atoms with E-state index in [1.165, 1.54) is 56.7 Å². The number of hydrogen-bond donors (Lipinski definition) is 2. The van der Waals surface area contributed by atoms with Crippen molar-refractivity contribution in [3.8, 4) is 0 Å². The van der Waals surface area contributed by atoms with Crippen molar-refractivity contribution in [2.75, 3.05) is 31.1 Å². The van der Waals surface area contributed by atoms with Crippen molar-refractivity contribution in [1.82, 2.24) is 10.2 Å². The number of hydrogen-bond acceptors (Lipinski definition) is 4. The fraction of sp³-hybridized carbons (Fsp3) is 0.944. The minimum absolute atomic E-state index is 0.149. The highest BCUT2D eigenvalue weighted by molar-refractivity contribution is 7.99. The first kappa shape index (κ1) is 17.6. The molecular weight excluding hydrogens is 306 g/mol. The molecule has 2 aliphatic carbocycles. The number of thioether (sulfide) groups is 1. The van der Waals surface area contributed by atoms with E-state index in [4.69, 9.17) is 5.73 Å². The molecule has 0 aromatic carbocycles. The van der Waals surface area contributed by atoms with Crippen LogP contribution in [0.3, 0.4) is 0 Å². The van der Waals surface area contributed by atoms with Crippen LogP contribution in [0.25, 0.3) is 0 Å². The van der Waals surface area contributed by atoms with Gasteiger partial charge in [-0.3, -0.25) is 9.69 Å². The number of rotatable bonds is 4. The molecule has 2 atom stereocenters. The van der Waals surface area contributed by atoms with Gasteiger partial charge in [0.2, 0.25) is 5.91 Å². The topological polar surface area (TPSA) is 58.4 Å². The summed E-state index contributed by atoms with van der Waals surface area (Å²) >= 11 is 2.07. The van der Waals surface area contributed by atoms with Crippen molar-refractivity contribution in [2.24, 2.45) is 11.7 Å². The average Bonchev–Trinajstić information content (AvgIpc) is 2.61. The molecule has 23 heavy (non-hydrogen) atoms. The van der Waals surface area contributed by atoms with Crippen LogP contribution in [0.1, 0.15) is 57.8 Å². The number of nitrogens with two attached hydrogens (primary N) is 1. The highest BCUT2D eigenvalue weighted by Crippen LogP contribution is 2.35. The van der Waals surface area contributed by atoms with Gasteiger partial charge in [0.15, 0.2) is 0 Å². The van der Waals surface area contributed by atoms with Gasteiger partial charge in [0.05, 0.1) is 0 Å². The van der Waals surface area contributed by atoms with E-state index in [2.05, 4.69) is 22.0 Å². The fourth-order valence-electron chi connectivity index (χ4n) is 4.71. The Balaban J connectivity index is 1.58. The monoisotopic (exact) mass is 339 g/mol. The van der Waals surface area contributed by atoms with E-state index in [1.807, 2.05) is 0 Å². The van der Waals surface area contributed by atoms with Crippen LogP contribution in [-0.2, 0) is 4.79 Å². The molecule has 132 valence electrons. The molecule has 3 N–H and O–H groups in total. The third kappa shape index (κ3) is 4.43. The van der Waals surface area contributed by atoms with Gasteiger partial charge < -0.3 is 11.1 Å². The first-order valence-corrected chi connectivity index (χ1v) is 10.7. The van der Waals surface area contributed by atoms with Crippen molar-refractivity contribution in [1.29, 1.82) is 0 Å². The molecule has 3 fully saturated rings. The van der Waals surface area contributed by atoms with Crippen molar-refractivity contribution in [2.45, 2.75) is 69.4 Å². The zero-order valence-electron chi connectivity index (χ0n) is 14.4. The predicted octanol–water partition coefficient (Wildman–Crippen LogP) is 2.37. The molecule has 2 saturated carbocycles. The van der Waals surface area contributed by atoms with Crippen LogP contribution in [0, 0.1) is 5.92 Å². The highest BCUT2D eigenvalue weighted by Gasteiger charge is 2.39. The number of amides is 1. The van der Waals surface area contributed by atoms with Gasteiger partial charge in [-0.05, 0) is 32.1 Å². The zero-order valence-corrected chi connectivity index (χ0v) is 15.2. The first-order chi connectivity index (χ1) is 11.2. The van der Waals surface area contributed by atoms with E-state index >= 15 is 0 Å². The normalized spacial score (nSPS) is 32.4. The third-order valence-corrected chi connectivity index (χ3v) is 7.09. The molecule has 1 heterocycles. The van der Waals surface area contributed by atoms with E-state index in [0.29, 0.717) is 0 Å². The Morgan fingerprint density at radius 1 is 1.13 bits per heavy atom. The summed E-state index contributed by atoms with van der Waals surface area (Å²) in [5.41, 5.74) is 6.28. The Bertz CT molecular complexity index is 392. The summed E-state index contributed by atoms with van der Waals surface area (Å²) in [6.45, 7) is 3.23. The second kappa shape index (κ2) is 8.21. The number of carbonyl (C=O) groups excluding carboxylic acids is 1. The lowest BCUT2D eigenvalue weighted by Gasteiger charge is -2.48. The van der Waals surface area contributed by atoms with Gasteiger partial charge in [0.1, 0.15) is 0 Å². The van der Waals surface area contributed by atoms with Crippen LogP contribution in [0.2, 0.25) is 0 Å². The molecule has 3 aliphatic rings. The fourth-order valence-corrected chi connectivity index (χ4v) is 5.62. The first-order valence-electron chi connectivity index (χ1n) is 9.56. The Hall–Kier alpha value is -0.260. The highest BCUT2D eigenvalue weighted by atomic mass is 32.2. The zero-order chi connectivity index (χ0) is 16.1. The summed E-state index contributed by atoms with van der Waals surface area (Å²) in [5.74, 6) is 2.90.